The lowest BCUT2D eigenvalue weighted by Crippen LogP contribution is -2.13. The van der Waals surface area contributed by atoms with Crippen molar-refractivity contribution in [2.45, 2.75) is 25.8 Å². The Morgan fingerprint density at radius 3 is 2.78 bits per heavy atom. The first-order chi connectivity index (χ1) is 4.41. The van der Waals surface area contributed by atoms with E-state index in [0.717, 1.165) is 6.54 Å². The molecular weight excluding hydrogens is 150 g/mol. The maximum Gasteiger partial charge on any atom is 0.125 e. The van der Waals surface area contributed by atoms with Crippen molar-refractivity contribution < 1.29 is 0 Å². The van der Waals surface area contributed by atoms with Crippen molar-refractivity contribution in [2.75, 3.05) is 13.1 Å². The van der Waals surface area contributed by atoms with Gasteiger partial charge >= 0.3 is 0 Å². The standard InChI is InChI=1S/C6H16ClNSi/c1-2-8-5-3-4-6-9-7/h8H,2-6,9H2,1H3. The SMILES string of the molecule is CCNCCCC[SiH2]Cl. The van der Waals surface area contributed by atoms with E-state index in [1.165, 1.54) is 25.4 Å². The quantitative estimate of drug-likeness (QED) is 0.354. The summed E-state index contributed by atoms with van der Waals surface area (Å²) in [5.41, 5.74) is 0. The molecule has 0 aromatic carbocycles. The zero-order chi connectivity index (χ0) is 6.95. The Bertz CT molecular complexity index is 46.3. The highest BCUT2D eigenvalue weighted by atomic mass is 35.6. The first kappa shape index (κ1) is 9.47. The molecule has 0 unspecified atom stereocenters. The summed E-state index contributed by atoms with van der Waals surface area (Å²) < 4.78 is 0. The predicted molar refractivity (Wildman–Crippen MR) is 47.0 cm³/mol. The Kier molecular flexibility index (Phi) is 8.91. The highest BCUT2D eigenvalue weighted by Gasteiger charge is 1.85. The van der Waals surface area contributed by atoms with Crippen LogP contribution in [0.3, 0.4) is 0 Å². The van der Waals surface area contributed by atoms with E-state index in [9.17, 15) is 0 Å². The third-order valence-electron chi connectivity index (χ3n) is 1.24. The number of hydrogen-bond acceptors (Lipinski definition) is 1. The van der Waals surface area contributed by atoms with Crippen molar-refractivity contribution in [3.05, 3.63) is 0 Å². The fraction of sp³-hybridized carbons (Fsp3) is 1.00. The van der Waals surface area contributed by atoms with Gasteiger partial charge in [0.2, 0.25) is 0 Å². The van der Waals surface area contributed by atoms with Crippen molar-refractivity contribution in [1.82, 2.24) is 5.32 Å². The van der Waals surface area contributed by atoms with E-state index < -0.39 is 0 Å². The summed E-state index contributed by atoms with van der Waals surface area (Å²) in [5.74, 6) is 0. The minimum Gasteiger partial charge on any atom is -0.317 e. The molecule has 0 radical (unpaired) electrons. The summed E-state index contributed by atoms with van der Waals surface area (Å²) >= 11 is 5.63. The van der Waals surface area contributed by atoms with Gasteiger partial charge in [-0.15, -0.1) is 0 Å². The normalized spacial score (nSPS) is 11.3. The topological polar surface area (TPSA) is 12.0 Å². The molecule has 9 heavy (non-hydrogen) atoms. The molecule has 0 spiro atoms. The zero-order valence-electron chi connectivity index (χ0n) is 6.12. The average molecular weight is 166 g/mol. The molecule has 0 saturated heterocycles. The summed E-state index contributed by atoms with van der Waals surface area (Å²) in [7, 11) is -0.176. The second-order valence-electron chi connectivity index (χ2n) is 2.10. The lowest BCUT2D eigenvalue weighted by Gasteiger charge is -1.98. The van der Waals surface area contributed by atoms with Crippen molar-refractivity contribution in [3.8, 4) is 0 Å². The summed E-state index contributed by atoms with van der Waals surface area (Å²) in [6, 6.07) is 1.30. The molecule has 0 heterocycles. The van der Waals surface area contributed by atoms with Gasteiger partial charge in [-0.3, -0.25) is 0 Å². The molecule has 0 rings (SSSR count). The Labute approximate surface area is 64.7 Å². The number of unbranched alkanes of at least 4 members (excludes halogenated alkanes) is 1. The minimum atomic E-state index is -0.176. The van der Waals surface area contributed by atoms with E-state index in [-0.39, 0.29) is 8.83 Å². The second kappa shape index (κ2) is 8.47. The van der Waals surface area contributed by atoms with Gasteiger partial charge in [0.15, 0.2) is 0 Å². The number of hydrogen-bond donors (Lipinski definition) is 1. The first-order valence-corrected chi connectivity index (χ1v) is 6.82. The van der Waals surface area contributed by atoms with E-state index >= 15 is 0 Å². The molecule has 0 aliphatic carbocycles. The van der Waals surface area contributed by atoms with E-state index in [4.69, 9.17) is 11.1 Å². The van der Waals surface area contributed by atoms with Gasteiger partial charge in [0.1, 0.15) is 8.83 Å². The molecular formula is C6H16ClNSi. The third-order valence-corrected chi connectivity index (χ3v) is 2.81. The van der Waals surface area contributed by atoms with E-state index in [0.29, 0.717) is 0 Å². The van der Waals surface area contributed by atoms with Crippen LogP contribution in [0.15, 0.2) is 0 Å². The highest BCUT2D eigenvalue weighted by Crippen LogP contribution is 1.94. The lowest BCUT2D eigenvalue weighted by atomic mass is 10.3. The van der Waals surface area contributed by atoms with Crippen LogP contribution in [-0.2, 0) is 0 Å². The molecule has 0 aromatic heterocycles. The van der Waals surface area contributed by atoms with Gasteiger partial charge in [-0.2, -0.15) is 11.1 Å². The smallest absolute Gasteiger partial charge is 0.125 e. The van der Waals surface area contributed by atoms with Crippen molar-refractivity contribution >= 4 is 19.9 Å². The Hall–Kier alpha value is 0.467. The largest absolute Gasteiger partial charge is 0.317 e. The molecule has 56 valence electrons. The predicted octanol–water partition coefficient (Wildman–Crippen LogP) is 1.12. The Morgan fingerprint density at radius 1 is 1.44 bits per heavy atom. The molecule has 1 nitrogen and oxygen atoms in total. The zero-order valence-corrected chi connectivity index (χ0v) is 8.29. The van der Waals surface area contributed by atoms with Gasteiger partial charge in [-0.1, -0.05) is 13.3 Å². The van der Waals surface area contributed by atoms with Crippen molar-refractivity contribution in [3.63, 3.8) is 0 Å². The first-order valence-electron chi connectivity index (χ1n) is 3.68. The molecule has 0 aliphatic heterocycles. The maximum atomic E-state index is 5.63. The van der Waals surface area contributed by atoms with E-state index in [2.05, 4.69) is 12.2 Å². The van der Waals surface area contributed by atoms with E-state index in [1.54, 1.807) is 0 Å². The molecule has 0 atom stereocenters. The van der Waals surface area contributed by atoms with Gasteiger partial charge in [-0.05, 0) is 25.6 Å². The Morgan fingerprint density at radius 2 is 2.22 bits per heavy atom. The monoisotopic (exact) mass is 165 g/mol. The van der Waals surface area contributed by atoms with E-state index in [1.807, 2.05) is 0 Å². The molecule has 0 saturated carbocycles. The molecule has 0 amide bonds. The molecule has 0 aromatic rings. The van der Waals surface area contributed by atoms with Crippen LogP contribution in [0, 0.1) is 0 Å². The minimum absolute atomic E-state index is 0.176. The van der Waals surface area contributed by atoms with Crippen molar-refractivity contribution in [1.29, 1.82) is 0 Å². The average Bonchev–Trinajstić information content (AvgIpc) is 1.89. The third kappa shape index (κ3) is 8.47. The van der Waals surface area contributed by atoms with Crippen LogP contribution in [0.25, 0.3) is 0 Å². The van der Waals surface area contributed by atoms with Crippen LogP contribution in [0.2, 0.25) is 6.04 Å². The Balaban J connectivity index is 2.60. The fourth-order valence-corrected chi connectivity index (χ4v) is 1.81. The van der Waals surface area contributed by atoms with Crippen LogP contribution in [0.1, 0.15) is 19.8 Å². The number of nitrogens with one attached hydrogen (secondary N) is 1. The fourth-order valence-electron chi connectivity index (χ4n) is 0.698. The maximum absolute atomic E-state index is 5.63. The molecule has 1 N–H and O–H groups in total. The summed E-state index contributed by atoms with van der Waals surface area (Å²) in [4.78, 5) is 0. The lowest BCUT2D eigenvalue weighted by molar-refractivity contribution is 0.663. The highest BCUT2D eigenvalue weighted by molar-refractivity contribution is 6.93. The second-order valence-corrected chi connectivity index (χ2v) is 4.32. The number of rotatable bonds is 6. The van der Waals surface area contributed by atoms with Crippen LogP contribution < -0.4 is 5.32 Å². The van der Waals surface area contributed by atoms with Gasteiger partial charge in [0.25, 0.3) is 0 Å². The summed E-state index contributed by atoms with van der Waals surface area (Å²) in [6.07, 6.45) is 2.62. The summed E-state index contributed by atoms with van der Waals surface area (Å²) in [6.45, 7) is 4.40. The van der Waals surface area contributed by atoms with Crippen LogP contribution in [0.4, 0.5) is 0 Å². The number of halogens is 1. The van der Waals surface area contributed by atoms with Crippen LogP contribution >= 0.6 is 11.1 Å². The molecule has 0 fully saturated rings. The van der Waals surface area contributed by atoms with Crippen LogP contribution in [0.5, 0.6) is 0 Å². The van der Waals surface area contributed by atoms with Gasteiger partial charge in [-0.25, -0.2) is 0 Å². The van der Waals surface area contributed by atoms with Gasteiger partial charge < -0.3 is 5.32 Å². The molecule has 0 aliphatic rings. The van der Waals surface area contributed by atoms with Gasteiger partial charge in [0.05, 0.1) is 0 Å². The molecule has 0 bridgehead atoms. The van der Waals surface area contributed by atoms with Gasteiger partial charge in [0, 0.05) is 0 Å². The molecule has 3 heteroatoms. The summed E-state index contributed by atoms with van der Waals surface area (Å²) in [5, 5.41) is 3.28. The van der Waals surface area contributed by atoms with Crippen LogP contribution in [-0.4, -0.2) is 21.9 Å². The van der Waals surface area contributed by atoms with Crippen molar-refractivity contribution in [2.24, 2.45) is 0 Å².